The summed E-state index contributed by atoms with van der Waals surface area (Å²) in [6.07, 6.45) is 0. The zero-order valence-electron chi connectivity index (χ0n) is 16.7. The highest BCUT2D eigenvalue weighted by molar-refractivity contribution is 6.16. The van der Waals surface area contributed by atoms with Crippen LogP contribution in [0.4, 0.5) is 14.9 Å². The summed E-state index contributed by atoms with van der Waals surface area (Å²) in [5, 5.41) is 0. The van der Waals surface area contributed by atoms with E-state index in [0.29, 0.717) is 11.3 Å². The molecule has 1 fully saturated rings. The third kappa shape index (κ3) is 3.21. The molecule has 2 heterocycles. The van der Waals surface area contributed by atoms with Crippen LogP contribution in [0.15, 0.2) is 30.3 Å². The van der Waals surface area contributed by atoms with Crippen LogP contribution in [0.25, 0.3) is 0 Å². The Bertz CT molecular complexity index is 947. The summed E-state index contributed by atoms with van der Waals surface area (Å²) in [5.74, 6) is -1.16. The maximum absolute atomic E-state index is 13.2. The van der Waals surface area contributed by atoms with Crippen LogP contribution in [0.1, 0.15) is 48.6 Å². The molecule has 28 heavy (non-hydrogen) atoms. The second-order valence-corrected chi connectivity index (χ2v) is 7.40. The van der Waals surface area contributed by atoms with Crippen molar-refractivity contribution in [1.82, 2.24) is 9.47 Å². The van der Waals surface area contributed by atoms with E-state index in [0.717, 1.165) is 16.3 Å². The second-order valence-electron chi connectivity index (χ2n) is 7.40. The lowest BCUT2D eigenvalue weighted by Crippen LogP contribution is -2.37. The number of carbonyl (C=O) groups is 3. The fourth-order valence-corrected chi connectivity index (χ4v) is 3.89. The largest absolute Gasteiger partial charge is 0.346 e. The van der Waals surface area contributed by atoms with Crippen molar-refractivity contribution in [2.75, 3.05) is 11.4 Å². The summed E-state index contributed by atoms with van der Waals surface area (Å²) in [7, 11) is 0. The maximum Gasteiger partial charge on any atom is 0.332 e. The molecule has 6 nitrogen and oxygen atoms in total. The molecular weight excluding hydrogens is 361 g/mol. The minimum absolute atomic E-state index is 0.200. The zero-order valence-corrected chi connectivity index (χ0v) is 16.7. The monoisotopic (exact) mass is 385 g/mol. The number of hydrogen-bond donors (Lipinski definition) is 0. The number of anilines is 1. The first kappa shape index (κ1) is 19.8. The number of carbonyl (C=O) groups excluding carboxylic acids is 3. The number of urea groups is 1. The van der Waals surface area contributed by atoms with Crippen molar-refractivity contribution in [1.29, 1.82) is 0 Å². The van der Waals surface area contributed by atoms with Crippen LogP contribution in [0, 0.1) is 19.7 Å². The number of hydrogen-bond acceptors (Lipinski definition) is 3. The number of aromatic nitrogens is 1. The van der Waals surface area contributed by atoms with E-state index >= 15 is 0 Å². The fraction of sp³-hybridized carbons (Fsp3) is 0.381. The van der Waals surface area contributed by atoms with Gasteiger partial charge in [-0.05, 0) is 65.0 Å². The normalized spacial score (nSPS) is 17.2. The molecule has 148 valence electrons. The molecule has 1 aliphatic rings. The quantitative estimate of drug-likeness (QED) is 0.580. The summed E-state index contributed by atoms with van der Waals surface area (Å²) in [6, 6.07) is 6.01. The van der Waals surface area contributed by atoms with E-state index in [9.17, 15) is 18.8 Å². The topological polar surface area (TPSA) is 62.6 Å². The number of amides is 3. The molecule has 0 N–H and O–H groups in total. The summed E-state index contributed by atoms with van der Waals surface area (Å²) in [5.41, 5.74) is 2.70. The fourth-order valence-electron chi connectivity index (χ4n) is 3.89. The highest BCUT2D eigenvalue weighted by Crippen LogP contribution is 2.27. The van der Waals surface area contributed by atoms with Crippen LogP contribution in [-0.4, -0.2) is 39.8 Å². The van der Waals surface area contributed by atoms with Crippen LogP contribution < -0.4 is 4.90 Å². The average molecular weight is 385 g/mol. The number of aryl methyl sites for hydroxylation is 1. The summed E-state index contributed by atoms with van der Waals surface area (Å²) < 4.78 is 15.2. The number of imide groups is 1. The molecule has 0 spiro atoms. The van der Waals surface area contributed by atoms with Crippen LogP contribution in [0.2, 0.25) is 0 Å². The Labute approximate surface area is 163 Å². The Morgan fingerprint density at radius 1 is 1.14 bits per heavy atom. The van der Waals surface area contributed by atoms with E-state index in [4.69, 9.17) is 0 Å². The molecule has 1 saturated heterocycles. The number of nitrogens with zero attached hydrogens (tertiary/aromatic N) is 3. The molecule has 2 aromatic rings. The van der Waals surface area contributed by atoms with Gasteiger partial charge in [-0.3, -0.25) is 19.4 Å². The van der Waals surface area contributed by atoms with E-state index in [1.807, 2.05) is 32.3 Å². The lowest BCUT2D eigenvalue weighted by molar-refractivity contribution is -0.126. The Hall–Kier alpha value is -2.96. The van der Waals surface area contributed by atoms with Crippen molar-refractivity contribution in [2.24, 2.45) is 0 Å². The van der Waals surface area contributed by atoms with Crippen LogP contribution in [0.5, 0.6) is 0 Å². The number of Topliss-reactive ketones (excluding diaryl/α,β-unsaturated/α-hetero) is 1. The van der Waals surface area contributed by atoms with E-state index in [1.165, 1.54) is 29.2 Å². The van der Waals surface area contributed by atoms with Gasteiger partial charge in [0, 0.05) is 28.7 Å². The third-order valence-corrected chi connectivity index (χ3v) is 5.16. The molecule has 1 aromatic carbocycles. The average Bonchev–Trinajstić information content (AvgIpc) is 3.04. The molecule has 0 bridgehead atoms. The number of benzene rings is 1. The van der Waals surface area contributed by atoms with Crippen molar-refractivity contribution < 1.29 is 18.8 Å². The Kier molecular flexibility index (Phi) is 5.10. The first-order valence-electron chi connectivity index (χ1n) is 9.25. The molecule has 3 rings (SSSR count). The van der Waals surface area contributed by atoms with Crippen LogP contribution >= 0.6 is 0 Å². The van der Waals surface area contributed by atoms with Gasteiger partial charge in [0.2, 0.25) is 0 Å². The standard InChI is InChI=1S/C21H24FN3O3/c1-12(2)24-13(3)10-18(14(24)4)19(26)11-23-20(27)15(5)25(21(23)28)17-8-6-16(22)7-9-17/h6-10,12,15H,11H2,1-5H3. The summed E-state index contributed by atoms with van der Waals surface area (Å²) in [6.45, 7) is 9.13. The molecule has 1 aromatic heterocycles. The van der Waals surface area contributed by atoms with Crippen molar-refractivity contribution in [3.63, 3.8) is 0 Å². The third-order valence-electron chi connectivity index (χ3n) is 5.16. The second kappa shape index (κ2) is 7.22. The predicted octanol–water partition coefficient (Wildman–Crippen LogP) is 3.86. The van der Waals surface area contributed by atoms with Gasteiger partial charge >= 0.3 is 6.03 Å². The van der Waals surface area contributed by atoms with Crippen molar-refractivity contribution >= 4 is 23.4 Å². The summed E-state index contributed by atoms with van der Waals surface area (Å²) >= 11 is 0. The van der Waals surface area contributed by atoms with Crippen molar-refractivity contribution in [3.05, 3.63) is 53.1 Å². The van der Waals surface area contributed by atoms with Gasteiger partial charge in [0.1, 0.15) is 11.9 Å². The van der Waals surface area contributed by atoms with Gasteiger partial charge in [0.05, 0.1) is 6.54 Å². The minimum Gasteiger partial charge on any atom is -0.346 e. The molecule has 1 atom stereocenters. The van der Waals surface area contributed by atoms with Crippen molar-refractivity contribution in [2.45, 2.75) is 46.7 Å². The smallest absolute Gasteiger partial charge is 0.332 e. The van der Waals surface area contributed by atoms with Gasteiger partial charge in [-0.1, -0.05) is 0 Å². The minimum atomic E-state index is -0.756. The Morgan fingerprint density at radius 3 is 2.29 bits per heavy atom. The van der Waals surface area contributed by atoms with Crippen molar-refractivity contribution in [3.8, 4) is 0 Å². The maximum atomic E-state index is 13.2. The van der Waals surface area contributed by atoms with Gasteiger partial charge in [0.15, 0.2) is 5.78 Å². The van der Waals surface area contributed by atoms with Gasteiger partial charge in [-0.15, -0.1) is 0 Å². The highest BCUT2D eigenvalue weighted by Gasteiger charge is 2.44. The molecule has 0 radical (unpaired) electrons. The number of rotatable bonds is 5. The zero-order chi connectivity index (χ0) is 20.7. The lowest BCUT2D eigenvalue weighted by Gasteiger charge is -2.19. The molecule has 0 aliphatic carbocycles. The van der Waals surface area contributed by atoms with E-state index in [1.54, 1.807) is 13.0 Å². The Balaban J connectivity index is 1.86. The Morgan fingerprint density at radius 2 is 1.75 bits per heavy atom. The van der Waals surface area contributed by atoms with Gasteiger partial charge in [-0.25, -0.2) is 9.18 Å². The summed E-state index contributed by atoms with van der Waals surface area (Å²) in [4.78, 5) is 40.6. The lowest BCUT2D eigenvalue weighted by atomic mass is 10.1. The first-order chi connectivity index (χ1) is 13.1. The molecule has 0 saturated carbocycles. The molecule has 7 heteroatoms. The molecule has 3 amide bonds. The SMILES string of the molecule is Cc1cc(C(=O)CN2C(=O)C(C)N(c3ccc(F)cc3)C2=O)c(C)n1C(C)C. The van der Waals surface area contributed by atoms with Gasteiger partial charge in [0.25, 0.3) is 5.91 Å². The number of ketones is 1. The predicted molar refractivity (Wildman–Crippen MR) is 104 cm³/mol. The van der Waals surface area contributed by atoms with E-state index in [-0.39, 0.29) is 18.4 Å². The van der Waals surface area contributed by atoms with Crippen LogP contribution in [0.3, 0.4) is 0 Å². The molecule has 1 unspecified atom stereocenters. The molecule has 1 aliphatic heterocycles. The highest BCUT2D eigenvalue weighted by atomic mass is 19.1. The first-order valence-corrected chi connectivity index (χ1v) is 9.25. The van der Waals surface area contributed by atoms with Crippen LogP contribution in [-0.2, 0) is 4.79 Å². The van der Waals surface area contributed by atoms with Gasteiger partial charge < -0.3 is 4.57 Å². The molecular formula is C21H24FN3O3. The van der Waals surface area contributed by atoms with E-state index in [2.05, 4.69) is 0 Å². The number of halogens is 1. The van der Waals surface area contributed by atoms with E-state index < -0.39 is 23.8 Å². The van der Waals surface area contributed by atoms with Gasteiger partial charge in [-0.2, -0.15) is 0 Å².